The number of aromatic nitrogens is 2. The molecule has 0 fully saturated rings. The number of carbonyl (C=O) groups excluding carboxylic acids is 1. The number of benzene rings is 2. The molecule has 24 heavy (non-hydrogen) atoms. The molecule has 3 aromatic rings. The number of imidazole rings is 1. The summed E-state index contributed by atoms with van der Waals surface area (Å²) < 4.78 is 28.8. The van der Waals surface area contributed by atoms with Crippen molar-refractivity contribution >= 4 is 16.9 Å². The minimum atomic E-state index is -1.30. The zero-order valence-corrected chi connectivity index (χ0v) is 12.6. The van der Waals surface area contributed by atoms with Gasteiger partial charge in [-0.3, -0.25) is 4.79 Å². The van der Waals surface area contributed by atoms with E-state index < -0.39 is 23.6 Å². The fourth-order valence-electron chi connectivity index (χ4n) is 2.66. The standard InChI is InChI=1S/C17H15F2N3O2/c18-10-5-6-12(19)11(7-10)15(23)9-22-14-4-2-1-3-13(14)21-17(22)8-16(20)24/h1-7,15,23H,8-9H2,(H2,20,24)/t15-/m0/s1. The van der Waals surface area contributed by atoms with Crippen LogP contribution in [0, 0.1) is 11.6 Å². The summed E-state index contributed by atoms with van der Waals surface area (Å²) in [6, 6.07) is 9.99. The van der Waals surface area contributed by atoms with E-state index >= 15 is 0 Å². The molecule has 124 valence electrons. The summed E-state index contributed by atoms with van der Waals surface area (Å²) >= 11 is 0. The average molecular weight is 331 g/mol. The number of amides is 1. The quantitative estimate of drug-likeness (QED) is 0.751. The molecule has 3 rings (SSSR count). The predicted molar refractivity (Wildman–Crippen MR) is 83.9 cm³/mol. The van der Waals surface area contributed by atoms with Gasteiger partial charge in [0.15, 0.2) is 0 Å². The highest BCUT2D eigenvalue weighted by molar-refractivity contribution is 5.80. The zero-order valence-electron chi connectivity index (χ0n) is 12.6. The van der Waals surface area contributed by atoms with Crippen molar-refractivity contribution in [2.45, 2.75) is 19.1 Å². The summed E-state index contributed by atoms with van der Waals surface area (Å²) in [6.07, 6.45) is -1.42. The van der Waals surface area contributed by atoms with E-state index in [-0.39, 0.29) is 18.5 Å². The number of hydrogen-bond donors (Lipinski definition) is 2. The number of carbonyl (C=O) groups is 1. The van der Waals surface area contributed by atoms with Crippen molar-refractivity contribution in [2.24, 2.45) is 5.73 Å². The lowest BCUT2D eigenvalue weighted by molar-refractivity contribution is -0.117. The van der Waals surface area contributed by atoms with Crippen LogP contribution in [0.2, 0.25) is 0 Å². The van der Waals surface area contributed by atoms with Crippen molar-refractivity contribution in [3.05, 3.63) is 65.5 Å². The van der Waals surface area contributed by atoms with Gasteiger partial charge in [0.2, 0.25) is 5.91 Å². The molecule has 1 aromatic heterocycles. The van der Waals surface area contributed by atoms with E-state index in [0.29, 0.717) is 16.9 Å². The Morgan fingerprint density at radius 2 is 2.00 bits per heavy atom. The molecule has 0 aliphatic rings. The summed E-state index contributed by atoms with van der Waals surface area (Å²) in [7, 11) is 0. The summed E-state index contributed by atoms with van der Waals surface area (Å²) in [5.74, 6) is -1.55. The Hall–Kier alpha value is -2.80. The molecule has 0 aliphatic heterocycles. The van der Waals surface area contributed by atoms with Gasteiger partial charge in [0.05, 0.1) is 30.1 Å². The van der Waals surface area contributed by atoms with Crippen LogP contribution in [0.4, 0.5) is 8.78 Å². The van der Waals surface area contributed by atoms with Gasteiger partial charge < -0.3 is 15.4 Å². The summed E-state index contributed by atoms with van der Waals surface area (Å²) in [5, 5.41) is 10.3. The fraction of sp³-hybridized carbons (Fsp3) is 0.176. The van der Waals surface area contributed by atoms with Crippen LogP contribution in [0.3, 0.4) is 0 Å². The van der Waals surface area contributed by atoms with Crippen molar-refractivity contribution < 1.29 is 18.7 Å². The molecule has 1 amide bonds. The number of aliphatic hydroxyl groups excluding tert-OH is 1. The summed E-state index contributed by atoms with van der Waals surface area (Å²) in [5.41, 5.74) is 6.38. The van der Waals surface area contributed by atoms with Crippen molar-refractivity contribution in [1.29, 1.82) is 0 Å². The van der Waals surface area contributed by atoms with E-state index in [0.717, 1.165) is 18.2 Å². The van der Waals surface area contributed by atoms with Gasteiger partial charge in [-0.2, -0.15) is 0 Å². The fourth-order valence-corrected chi connectivity index (χ4v) is 2.66. The molecule has 0 spiro atoms. The molecular weight excluding hydrogens is 316 g/mol. The van der Waals surface area contributed by atoms with Crippen LogP contribution < -0.4 is 5.73 Å². The molecule has 0 saturated carbocycles. The van der Waals surface area contributed by atoms with Crippen LogP contribution in [0.25, 0.3) is 11.0 Å². The van der Waals surface area contributed by atoms with Crippen molar-refractivity contribution in [1.82, 2.24) is 9.55 Å². The Bertz CT molecular complexity index is 908. The number of para-hydroxylation sites is 2. The highest BCUT2D eigenvalue weighted by Gasteiger charge is 2.19. The first-order valence-corrected chi connectivity index (χ1v) is 7.31. The topological polar surface area (TPSA) is 81.1 Å². The summed E-state index contributed by atoms with van der Waals surface area (Å²) in [4.78, 5) is 15.6. The van der Waals surface area contributed by atoms with E-state index in [9.17, 15) is 18.7 Å². The third-order valence-electron chi connectivity index (χ3n) is 3.74. The van der Waals surface area contributed by atoms with E-state index in [1.54, 1.807) is 28.8 Å². The molecule has 0 bridgehead atoms. The number of aliphatic hydroxyl groups is 1. The van der Waals surface area contributed by atoms with E-state index in [1.165, 1.54) is 0 Å². The lowest BCUT2D eigenvalue weighted by Gasteiger charge is -2.15. The van der Waals surface area contributed by atoms with Crippen LogP contribution in [0.5, 0.6) is 0 Å². The van der Waals surface area contributed by atoms with Crippen LogP contribution in [0.1, 0.15) is 17.5 Å². The van der Waals surface area contributed by atoms with Crippen LogP contribution >= 0.6 is 0 Å². The van der Waals surface area contributed by atoms with Gasteiger partial charge in [-0.25, -0.2) is 13.8 Å². The van der Waals surface area contributed by atoms with Crippen molar-refractivity contribution in [2.75, 3.05) is 0 Å². The Morgan fingerprint density at radius 3 is 2.75 bits per heavy atom. The van der Waals surface area contributed by atoms with Gasteiger partial charge in [0.1, 0.15) is 17.5 Å². The normalized spacial score (nSPS) is 12.5. The lowest BCUT2D eigenvalue weighted by Crippen LogP contribution is -2.19. The van der Waals surface area contributed by atoms with Crippen LogP contribution in [0.15, 0.2) is 42.5 Å². The third kappa shape index (κ3) is 3.11. The number of nitrogens with zero attached hydrogens (tertiary/aromatic N) is 2. The SMILES string of the molecule is NC(=O)Cc1nc2ccccc2n1C[C@H](O)c1cc(F)ccc1F. The van der Waals surface area contributed by atoms with Crippen LogP contribution in [-0.2, 0) is 17.8 Å². The maximum absolute atomic E-state index is 13.8. The van der Waals surface area contributed by atoms with Gasteiger partial charge in [-0.1, -0.05) is 12.1 Å². The molecule has 5 nitrogen and oxygen atoms in total. The second-order valence-corrected chi connectivity index (χ2v) is 5.45. The van der Waals surface area contributed by atoms with Gasteiger partial charge in [-0.05, 0) is 30.3 Å². The molecule has 0 unspecified atom stereocenters. The third-order valence-corrected chi connectivity index (χ3v) is 3.74. The number of rotatable bonds is 5. The molecule has 7 heteroatoms. The number of fused-ring (bicyclic) bond motifs is 1. The molecule has 2 aromatic carbocycles. The molecule has 0 radical (unpaired) electrons. The van der Waals surface area contributed by atoms with Gasteiger partial charge in [0.25, 0.3) is 0 Å². The summed E-state index contributed by atoms with van der Waals surface area (Å²) in [6.45, 7) is -0.0799. The Labute approximate surface area is 136 Å². The van der Waals surface area contributed by atoms with Gasteiger partial charge in [0, 0.05) is 5.56 Å². The van der Waals surface area contributed by atoms with E-state index in [4.69, 9.17) is 5.73 Å². The smallest absolute Gasteiger partial charge is 0.225 e. The maximum atomic E-state index is 13.8. The van der Waals surface area contributed by atoms with E-state index in [1.807, 2.05) is 0 Å². The Morgan fingerprint density at radius 1 is 1.25 bits per heavy atom. The van der Waals surface area contributed by atoms with Gasteiger partial charge in [-0.15, -0.1) is 0 Å². The Balaban J connectivity index is 2.02. The predicted octanol–water partition coefficient (Wildman–Crippen LogP) is 2.08. The molecule has 1 atom stereocenters. The maximum Gasteiger partial charge on any atom is 0.225 e. The number of primary amides is 1. The molecular formula is C17H15F2N3O2. The minimum absolute atomic E-state index is 0.0799. The number of halogens is 2. The van der Waals surface area contributed by atoms with Crippen molar-refractivity contribution in [3.63, 3.8) is 0 Å². The molecule has 0 aliphatic carbocycles. The minimum Gasteiger partial charge on any atom is -0.386 e. The average Bonchev–Trinajstić information content (AvgIpc) is 2.86. The largest absolute Gasteiger partial charge is 0.386 e. The lowest BCUT2D eigenvalue weighted by atomic mass is 10.1. The molecule has 1 heterocycles. The zero-order chi connectivity index (χ0) is 17.3. The monoisotopic (exact) mass is 331 g/mol. The van der Waals surface area contributed by atoms with E-state index in [2.05, 4.69) is 4.98 Å². The number of nitrogens with two attached hydrogens (primary N) is 1. The first-order valence-electron chi connectivity index (χ1n) is 7.31. The molecule has 3 N–H and O–H groups in total. The van der Waals surface area contributed by atoms with Crippen LogP contribution in [-0.4, -0.2) is 20.6 Å². The highest BCUT2D eigenvalue weighted by Crippen LogP contribution is 2.24. The molecule has 0 saturated heterocycles. The van der Waals surface area contributed by atoms with Gasteiger partial charge >= 0.3 is 0 Å². The Kier molecular flexibility index (Phi) is 4.26. The first-order chi connectivity index (χ1) is 11.5. The van der Waals surface area contributed by atoms with Crippen molar-refractivity contribution in [3.8, 4) is 0 Å². The highest BCUT2D eigenvalue weighted by atomic mass is 19.1. The second-order valence-electron chi connectivity index (χ2n) is 5.45. The number of hydrogen-bond acceptors (Lipinski definition) is 3. The first kappa shape index (κ1) is 16.1. The second kappa shape index (κ2) is 6.37.